The van der Waals surface area contributed by atoms with E-state index in [0.29, 0.717) is 30.5 Å². The lowest BCUT2D eigenvalue weighted by molar-refractivity contribution is 0.0927. The number of nitrogens with zero attached hydrogens (tertiary/aromatic N) is 2. The maximum absolute atomic E-state index is 14.1. The van der Waals surface area contributed by atoms with Crippen LogP contribution in [-0.2, 0) is 6.42 Å². The summed E-state index contributed by atoms with van der Waals surface area (Å²) in [4.78, 5) is 12.4. The number of rotatable bonds is 3. The lowest BCUT2D eigenvalue weighted by Crippen LogP contribution is -2.31. The number of halogens is 4. The second kappa shape index (κ2) is 7.10. The summed E-state index contributed by atoms with van der Waals surface area (Å²) in [6, 6.07) is 6.13. The first-order chi connectivity index (χ1) is 13.5. The Morgan fingerprint density at radius 3 is 2.71 bits per heavy atom. The highest BCUT2D eigenvalue weighted by atomic mass is 19.2. The standard InChI is InChI=1S/C20H15F4N3O/c21-11-7-8-18(15(23)9-11)27-17-6-2-5-16(13(17)10-25-27)26-20(28)12-3-1-4-14(22)19(12)24/h1,3-4,7-10,16H,2,5-6H2,(H,26,28)/t16-/m1/s1. The van der Waals surface area contributed by atoms with Gasteiger partial charge >= 0.3 is 0 Å². The molecule has 1 aliphatic rings. The lowest BCUT2D eigenvalue weighted by Gasteiger charge is -2.24. The first-order valence-electron chi connectivity index (χ1n) is 8.73. The minimum atomic E-state index is -1.21. The number of carbonyl (C=O) groups excluding carboxylic acids is 1. The minimum Gasteiger partial charge on any atom is -0.345 e. The molecular formula is C20H15F4N3O. The van der Waals surface area contributed by atoms with Crippen molar-refractivity contribution in [2.24, 2.45) is 0 Å². The van der Waals surface area contributed by atoms with Crippen molar-refractivity contribution in [3.05, 3.63) is 82.7 Å². The first kappa shape index (κ1) is 18.2. The minimum absolute atomic E-state index is 0.103. The molecule has 1 N–H and O–H groups in total. The molecule has 0 saturated heterocycles. The van der Waals surface area contributed by atoms with Gasteiger partial charge in [0.05, 0.1) is 17.8 Å². The van der Waals surface area contributed by atoms with E-state index in [1.165, 1.54) is 29.1 Å². The normalized spacial score (nSPS) is 15.9. The molecule has 4 nitrogen and oxygen atoms in total. The third kappa shape index (κ3) is 3.15. The van der Waals surface area contributed by atoms with E-state index in [1.54, 1.807) is 0 Å². The molecule has 0 saturated carbocycles. The summed E-state index contributed by atoms with van der Waals surface area (Å²) in [5, 5.41) is 6.88. The van der Waals surface area contributed by atoms with Crippen molar-refractivity contribution in [1.82, 2.24) is 15.1 Å². The van der Waals surface area contributed by atoms with Crippen LogP contribution in [0.4, 0.5) is 17.6 Å². The topological polar surface area (TPSA) is 46.9 Å². The van der Waals surface area contributed by atoms with Gasteiger partial charge in [0.1, 0.15) is 11.5 Å². The van der Waals surface area contributed by atoms with E-state index in [-0.39, 0.29) is 11.3 Å². The third-order valence-corrected chi connectivity index (χ3v) is 4.82. The van der Waals surface area contributed by atoms with E-state index in [2.05, 4.69) is 10.4 Å². The molecule has 0 unspecified atom stereocenters. The molecule has 3 aromatic rings. The molecule has 0 fully saturated rings. The summed E-state index contributed by atoms with van der Waals surface area (Å²) < 4.78 is 56.0. The van der Waals surface area contributed by atoms with Crippen molar-refractivity contribution in [3.8, 4) is 5.69 Å². The van der Waals surface area contributed by atoms with Gasteiger partial charge in [-0.3, -0.25) is 4.79 Å². The zero-order valence-corrected chi connectivity index (χ0v) is 14.6. The van der Waals surface area contributed by atoms with Crippen LogP contribution in [-0.4, -0.2) is 15.7 Å². The molecule has 8 heteroatoms. The van der Waals surface area contributed by atoms with Gasteiger partial charge in [0, 0.05) is 17.3 Å². The monoisotopic (exact) mass is 389 g/mol. The average molecular weight is 389 g/mol. The highest BCUT2D eigenvalue weighted by Crippen LogP contribution is 2.32. The molecule has 4 rings (SSSR count). The predicted octanol–water partition coefficient (Wildman–Crippen LogP) is 4.24. The number of nitrogens with one attached hydrogen (secondary N) is 1. The molecule has 1 aliphatic carbocycles. The van der Waals surface area contributed by atoms with Crippen LogP contribution in [0.5, 0.6) is 0 Å². The fraction of sp³-hybridized carbons (Fsp3) is 0.200. The van der Waals surface area contributed by atoms with Crippen molar-refractivity contribution in [3.63, 3.8) is 0 Å². The van der Waals surface area contributed by atoms with Gasteiger partial charge in [-0.05, 0) is 43.5 Å². The first-order valence-corrected chi connectivity index (χ1v) is 8.73. The number of amides is 1. The zero-order valence-electron chi connectivity index (χ0n) is 14.6. The molecule has 0 bridgehead atoms. The molecule has 1 aromatic heterocycles. The maximum Gasteiger partial charge on any atom is 0.254 e. The second-order valence-electron chi connectivity index (χ2n) is 6.57. The van der Waals surface area contributed by atoms with Crippen LogP contribution in [0.2, 0.25) is 0 Å². The summed E-state index contributed by atoms with van der Waals surface area (Å²) in [5.74, 6) is -4.49. The van der Waals surface area contributed by atoms with Crippen molar-refractivity contribution in [2.75, 3.05) is 0 Å². The Bertz CT molecular complexity index is 1060. The van der Waals surface area contributed by atoms with Gasteiger partial charge in [-0.25, -0.2) is 22.2 Å². The van der Waals surface area contributed by atoms with Crippen LogP contribution in [0.1, 0.15) is 40.5 Å². The Hall–Kier alpha value is -3.16. The summed E-state index contributed by atoms with van der Waals surface area (Å²) in [6.45, 7) is 0. The molecule has 28 heavy (non-hydrogen) atoms. The zero-order chi connectivity index (χ0) is 19.8. The van der Waals surface area contributed by atoms with Crippen LogP contribution in [0, 0.1) is 23.3 Å². The van der Waals surface area contributed by atoms with Crippen LogP contribution in [0.15, 0.2) is 42.6 Å². The SMILES string of the molecule is O=C(N[C@@H]1CCCc2c1cnn2-c1ccc(F)cc1F)c1cccc(F)c1F. The Labute approximate surface area is 157 Å². The second-order valence-corrected chi connectivity index (χ2v) is 6.57. The quantitative estimate of drug-likeness (QED) is 0.682. The number of benzene rings is 2. The molecule has 0 radical (unpaired) electrons. The molecule has 0 spiro atoms. The average Bonchev–Trinajstić information content (AvgIpc) is 3.09. The Morgan fingerprint density at radius 1 is 1.11 bits per heavy atom. The number of hydrogen-bond donors (Lipinski definition) is 1. The van der Waals surface area contributed by atoms with E-state index >= 15 is 0 Å². The van der Waals surface area contributed by atoms with Crippen LogP contribution < -0.4 is 5.32 Å². The molecule has 1 atom stereocenters. The van der Waals surface area contributed by atoms with Gasteiger partial charge in [0.15, 0.2) is 17.5 Å². The van der Waals surface area contributed by atoms with Crippen molar-refractivity contribution >= 4 is 5.91 Å². The van der Waals surface area contributed by atoms with Crippen molar-refractivity contribution < 1.29 is 22.4 Å². The smallest absolute Gasteiger partial charge is 0.254 e. The Kier molecular flexibility index (Phi) is 4.62. The molecule has 1 amide bonds. The fourth-order valence-corrected chi connectivity index (χ4v) is 3.48. The van der Waals surface area contributed by atoms with E-state index in [0.717, 1.165) is 18.2 Å². The molecule has 144 valence electrons. The Morgan fingerprint density at radius 2 is 1.93 bits per heavy atom. The number of carbonyl (C=O) groups is 1. The van der Waals surface area contributed by atoms with E-state index in [4.69, 9.17) is 0 Å². The maximum atomic E-state index is 14.1. The summed E-state index contributed by atoms with van der Waals surface area (Å²) >= 11 is 0. The number of fused-ring (bicyclic) bond motifs is 1. The summed E-state index contributed by atoms with van der Waals surface area (Å²) in [5.41, 5.74) is 1.07. The number of aromatic nitrogens is 2. The molecule has 0 aliphatic heterocycles. The van der Waals surface area contributed by atoms with Crippen LogP contribution >= 0.6 is 0 Å². The van der Waals surface area contributed by atoms with Crippen LogP contribution in [0.3, 0.4) is 0 Å². The largest absolute Gasteiger partial charge is 0.345 e. The van der Waals surface area contributed by atoms with E-state index in [9.17, 15) is 22.4 Å². The van der Waals surface area contributed by atoms with E-state index in [1.807, 2.05) is 0 Å². The van der Waals surface area contributed by atoms with E-state index < -0.39 is 35.2 Å². The Balaban J connectivity index is 1.64. The predicted molar refractivity (Wildman–Crippen MR) is 93.0 cm³/mol. The van der Waals surface area contributed by atoms with Crippen LogP contribution in [0.25, 0.3) is 5.69 Å². The summed E-state index contributed by atoms with van der Waals surface area (Å²) in [7, 11) is 0. The fourth-order valence-electron chi connectivity index (χ4n) is 3.48. The van der Waals surface area contributed by atoms with Gasteiger partial charge in [0.25, 0.3) is 5.91 Å². The highest BCUT2D eigenvalue weighted by Gasteiger charge is 2.28. The number of hydrogen-bond acceptors (Lipinski definition) is 2. The van der Waals surface area contributed by atoms with Gasteiger partial charge in [-0.15, -0.1) is 0 Å². The van der Waals surface area contributed by atoms with Crippen molar-refractivity contribution in [1.29, 1.82) is 0 Å². The lowest BCUT2D eigenvalue weighted by atomic mass is 9.92. The molecule has 1 heterocycles. The molecular weight excluding hydrogens is 374 g/mol. The molecule has 2 aromatic carbocycles. The van der Waals surface area contributed by atoms with Crippen molar-refractivity contribution in [2.45, 2.75) is 25.3 Å². The summed E-state index contributed by atoms with van der Waals surface area (Å²) in [6.07, 6.45) is 3.35. The van der Waals surface area contributed by atoms with Gasteiger partial charge in [-0.2, -0.15) is 5.10 Å². The highest BCUT2D eigenvalue weighted by molar-refractivity contribution is 5.94. The van der Waals surface area contributed by atoms with Gasteiger partial charge in [-0.1, -0.05) is 6.07 Å². The van der Waals surface area contributed by atoms with Gasteiger partial charge in [0.2, 0.25) is 0 Å². The third-order valence-electron chi connectivity index (χ3n) is 4.82. The van der Waals surface area contributed by atoms with Gasteiger partial charge < -0.3 is 5.32 Å².